The lowest BCUT2D eigenvalue weighted by atomic mass is 9.84. The minimum Gasteiger partial charge on any atom is -0.370 e. The summed E-state index contributed by atoms with van der Waals surface area (Å²) in [6, 6.07) is 8.95. The molecule has 2 fully saturated rings. The Labute approximate surface area is 239 Å². The Morgan fingerprint density at radius 3 is 1.98 bits per heavy atom. The monoisotopic (exact) mass is 596 g/mol. The molecule has 0 atom stereocenters. The maximum absolute atomic E-state index is 13.0. The number of nitrogens with zero attached hydrogens (tertiary/aromatic N) is 3. The van der Waals surface area contributed by atoms with Gasteiger partial charge in [-0.05, 0) is 56.6 Å². The lowest BCUT2D eigenvalue weighted by Crippen LogP contribution is -2.51. The third kappa shape index (κ3) is 11.2. The molecule has 0 radical (unpaired) electrons. The van der Waals surface area contributed by atoms with Gasteiger partial charge in [-0.25, -0.2) is 4.79 Å². The number of hydrogen-bond donors (Lipinski definition) is 4. The molecule has 0 saturated heterocycles. The van der Waals surface area contributed by atoms with Crippen LogP contribution in [0.15, 0.2) is 34.7 Å². The van der Waals surface area contributed by atoms with Gasteiger partial charge in [0.15, 0.2) is 0 Å². The fourth-order valence-corrected chi connectivity index (χ4v) is 5.90. The summed E-state index contributed by atoms with van der Waals surface area (Å²) in [5.74, 6) is 0.0728. The Balaban J connectivity index is 0.000000329. The van der Waals surface area contributed by atoms with Crippen LogP contribution in [0.25, 0.3) is 0 Å². The Kier molecular flexibility index (Phi) is 13.4. The van der Waals surface area contributed by atoms with E-state index in [1.165, 1.54) is 6.42 Å². The average Bonchev–Trinajstić information content (AvgIpc) is 3.41. The first-order valence-corrected chi connectivity index (χ1v) is 15.7. The molecule has 0 aliphatic heterocycles. The Hall–Kier alpha value is -3.10. The van der Waals surface area contributed by atoms with E-state index >= 15 is 0 Å². The second kappa shape index (κ2) is 16.2. The quantitative estimate of drug-likeness (QED) is 0.281. The van der Waals surface area contributed by atoms with Gasteiger partial charge in [-0.2, -0.15) is 8.42 Å². The minimum atomic E-state index is -4.41. The number of urea groups is 1. The van der Waals surface area contributed by atoms with E-state index in [0.29, 0.717) is 29.2 Å². The van der Waals surface area contributed by atoms with Crippen LogP contribution in [0.3, 0.4) is 0 Å². The summed E-state index contributed by atoms with van der Waals surface area (Å²) in [6.07, 6.45) is 10.2. The lowest BCUT2D eigenvalue weighted by molar-refractivity contribution is -0.117. The zero-order chi connectivity index (χ0) is 29.7. The lowest BCUT2D eigenvalue weighted by Gasteiger charge is -2.42. The molecule has 2 aromatic rings. The highest BCUT2D eigenvalue weighted by atomic mass is 32.3. The Morgan fingerprint density at radius 2 is 1.52 bits per heavy atom. The zero-order valence-corrected chi connectivity index (χ0v) is 24.6. The zero-order valence-electron chi connectivity index (χ0n) is 23.0. The summed E-state index contributed by atoms with van der Waals surface area (Å²) in [4.78, 5) is 35.0. The number of benzene rings is 1. The molecule has 1 aromatic carbocycles. The molecule has 2 aliphatic rings. The van der Waals surface area contributed by atoms with Crippen molar-refractivity contribution in [3.05, 3.63) is 35.9 Å². The Bertz CT molecular complexity index is 1190. The highest BCUT2D eigenvalue weighted by molar-refractivity contribution is 7.88. The van der Waals surface area contributed by atoms with Crippen LogP contribution in [0.4, 0.5) is 9.93 Å². The number of hydrogen-bond acceptors (Lipinski definition) is 8. The van der Waals surface area contributed by atoms with Gasteiger partial charge in [-0.1, -0.05) is 62.6 Å². The molecule has 1 aromatic heterocycles. The number of nitrogens with one attached hydrogen (secondary N) is 1. The number of rotatable bonds is 6. The molecule has 12 nitrogen and oxygen atoms in total. The Morgan fingerprint density at radius 1 is 0.975 bits per heavy atom. The fraction of sp³-hybridized carbons (Fsp3) is 0.577. The molecule has 4 amide bonds. The van der Waals surface area contributed by atoms with E-state index in [4.69, 9.17) is 10.3 Å². The van der Waals surface area contributed by atoms with Crippen LogP contribution in [0.1, 0.15) is 88.4 Å². The highest BCUT2D eigenvalue weighted by Gasteiger charge is 2.34. The largest absolute Gasteiger partial charge is 0.370 e. The van der Waals surface area contributed by atoms with Crippen molar-refractivity contribution in [2.24, 2.45) is 17.4 Å². The standard InChI is InChI=1S/C16H26N4O4S2.C7H7NO.C3H7NO/c1-11-7-9-13(10-8-11)20(12-5-3-2-4-6-12)15(21)17-14-18-19-16(25-14)26(22,23)24;8-7(9)6-4-2-1-3-5-6;1-2-3(4)5/h11-13H,2-10H2,1H3,(H,17,18,21)(H,22,23,24);1-5H,(H2,8,9);2H2,1H3,(H2,4,5)/t11-,13-;;. The molecule has 0 bridgehead atoms. The maximum Gasteiger partial charge on any atom is 0.324 e. The van der Waals surface area contributed by atoms with Crippen molar-refractivity contribution in [3.8, 4) is 0 Å². The van der Waals surface area contributed by atoms with E-state index in [9.17, 15) is 22.8 Å². The average molecular weight is 597 g/mol. The van der Waals surface area contributed by atoms with E-state index in [1.807, 2.05) is 11.0 Å². The summed E-state index contributed by atoms with van der Waals surface area (Å²) < 4.78 is 30.8. The third-order valence-electron chi connectivity index (χ3n) is 6.83. The van der Waals surface area contributed by atoms with Crippen molar-refractivity contribution in [2.75, 3.05) is 5.32 Å². The van der Waals surface area contributed by atoms with Gasteiger partial charge in [0.05, 0.1) is 0 Å². The van der Waals surface area contributed by atoms with Gasteiger partial charge < -0.3 is 16.4 Å². The second-order valence-corrected chi connectivity index (χ2v) is 12.5. The van der Waals surface area contributed by atoms with Gasteiger partial charge in [0, 0.05) is 24.1 Å². The predicted octanol–water partition coefficient (Wildman–Crippen LogP) is 4.20. The normalized spacial score (nSPS) is 19.2. The molecular formula is C26H40N6O6S2. The van der Waals surface area contributed by atoms with E-state index in [-0.39, 0.29) is 35.1 Å². The summed E-state index contributed by atoms with van der Waals surface area (Å²) in [6.45, 7) is 3.97. The first-order valence-electron chi connectivity index (χ1n) is 13.5. The van der Waals surface area contributed by atoms with Crippen LogP contribution >= 0.6 is 11.3 Å². The molecule has 222 valence electrons. The van der Waals surface area contributed by atoms with Crippen molar-refractivity contribution >= 4 is 44.4 Å². The van der Waals surface area contributed by atoms with Crippen molar-refractivity contribution in [3.63, 3.8) is 0 Å². The first-order chi connectivity index (χ1) is 18.9. The minimum absolute atomic E-state index is 0.0904. The number of aromatic nitrogens is 2. The molecule has 40 heavy (non-hydrogen) atoms. The van der Waals surface area contributed by atoms with Gasteiger partial charge in [0.1, 0.15) is 0 Å². The highest BCUT2D eigenvalue weighted by Crippen LogP contribution is 2.33. The van der Waals surface area contributed by atoms with Crippen LogP contribution in [0.2, 0.25) is 0 Å². The second-order valence-electron chi connectivity index (χ2n) is 9.94. The van der Waals surface area contributed by atoms with Gasteiger partial charge in [0.25, 0.3) is 4.34 Å². The molecule has 2 aliphatic carbocycles. The maximum atomic E-state index is 13.0. The van der Waals surface area contributed by atoms with Crippen LogP contribution < -0.4 is 16.8 Å². The topological polar surface area (TPSA) is 199 Å². The predicted molar refractivity (Wildman–Crippen MR) is 153 cm³/mol. The van der Waals surface area contributed by atoms with Crippen LogP contribution in [-0.2, 0) is 14.9 Å². The van der Waals surface area contributed by atoms with Crippen LogP contribution in [-0.4, -0.2) is 58.0 Å². The third-order valence-corrected chi connectivity index (χ3v) is 8.87. The molecule has 2 saturated carbocycles. The summed E-state index contributed by atoms with van der Waals surface area (Å²) >= 11 is 0.660. The number of nitrogens with two attached hydrogens (primary N) is 2. The molecule has 0 spiro atoms. The summed E-state index contributed by atoms with van der Waals surface area (Å²) in [5, 5.41) is 9.90. The smallest absolute Gasteiger partial charge is 0.324 e. The van der Waals surface area contributed by atoms with E-state index in [1.54, 1.807) is 31.2 Å². The van der Waals surface area contributed by atoms with Crippen molar-refractivity contribution in [2.45, 2.75) is 94.5 Å². The molecule has 4 rings (SSSR count). The van der Waals surface area contributed by atoms with E-state index in [0.717, 1.165) is 51.4 Å². The van der Waals surface area contributed by atoms with Gasteiger partial charge in [-0.15, -0.1) is 10.2 Å². The number of carbonyl (C=O) groups excluding carboxylic acids is 3. The van der Waals surface area contributed by atoms with Crippen molar-refractivity contribution in [1.82, 2.24) is 15.1 Å². The van der Waals surface area contributed by atoms with Crippen LogP contribution in [0, 0.1) is 5.92 Å². The van der Waals surface area contributed by atoms with Crippen molar-refractivity contribution in [1.29, 1.82) is 0 Å². The molecular weight excluding hydrogens is 556 g/mol. The molecule has 14 heteroatoms. The number of anilines is 1. The van der Waals surface area contributed by atoms with E-state index in [2.05, 4.69) is 28.2 Å². The number of amides is 4. The van der Waals surface area contributed by atoms with Crippen LogP contribution in [0.5, 0.6) is 0 Å². The molecule has 0 unspecified atom stereocenters. The SMILES string of the molecule is CCC(N)=O.C[C@H]1CC[C@H](N(C(=O)Nc2nnc(S(=O)(=O)O)s2)C2CCCCC2)CC1.NC(=O)c1ccccc1. The molecule has 1 heterocycles. The van der Waals surface area contributed by atoms with Gasteiger partial charge in [0.2, 0.25) is 16.9 Å². The number of primary amides is 2. The van der Waals surface area contributed by atoms with Gasteiger partial charge >= 0.3 is 16.1 Å². The fourth-order valence-electron chi connectivity index (χ4n) is 4.63. The van der Waals surface area contributed by atoms with Gasteiger partial charge in [-0.3, -0.25) is 19.5 Å². The van der Waals surface area contributed by atoms with Crippen molar-refractivity contribution < 1.29 is 27.4 Å². The van der Waals surface area contributed by atoms with E-state index < -0.39 is 14.5 Å². The summed E-state index contributed by atoms with van der Waals surface area (Å²) in [5.41, 5.74) is 10.2. The molecule has 6 N–H and O–H groups in total. The summed E-state index contributed by atoms with van der Waals surface area (Å²) in [7, 11) is -4.41. The first kappa shape index (κ1) is 33.1. The number of carbonyl (C=O) groups is 3.